The number of carboxylic acid groups (broad SMARTS) is 1. The van der Waals surface area contributed by atoms with Gasteiger partial charge in [-0.3, -0.25) is 0 Å². The summed E-state index contributed by atoms with van der Waals surface area (Å²) in [6, 6.07) is 20.0. The molecule has 0 bridgehead atoms. The van der Waals surface area contributed by atoms with Crippen molar-refractivity contribution in [3.8, 4) is 17.2 Å². The minimum Gasteiger partial charge on any atom is -0.508 e. The van der Waals surface area contributed by atoms with Crippen LogP contribution >= 0.6 is 23.5 Å². The number of ether oxygens (including phenoxy) is 1. The number of carboxylic acids is 1. The Morgan fingerprint density at radius 1 is 0.914 bits per heavy atom. The van der Waals surface area contributed by atoms with E-state index in [1.807, 2.05) is 66.8 Å². The van der Waals surface area contributed by atoms with Crippen LogP contribution in [0, 0.1) is 6.92 Å². The molecule has 0 atom stereocenters. The molecule has 3 N–H and O–H groups in total. The predicted octanol–water partition coefficient (Wildman–Crippen LogP) is 6.35. The Labute approximate surface area is 211 Å². The molecule has 0 spiro atoms. The Morgan fingerprint density at radius 3 is 2.03 bits per heavy atom. The lowest BCUT2D eigenvalue weighted by Crippen LogP contribution is -2.09. The first-order valence-electron chi connectivity index (χ1n) is 11.0. The summed E-state index contributed by atoms with van der Waals surface area (Å²) < 4.78 is 11.7. The number of phenolic OH excluding ortho intramolecular Hbond substituents is 2. The second-order valence-corrected chi connectivity index (χ2v) is 10.7. The molecule has 4 rings (SSSR count). The van der Waals surface area contributed by atoms with E-state index in [0.717, 1.165) is 45.8 Å². The molecular weight excluding hydrogens is 484 g/mol. The van der Waals surface area contributed by atoms with E-state index in [2.05, 4.69) is 0 Å². The summed E-state index contributed by atoms with van der Waals surface area (Å²) in [4.78, 5) is 11.0. The molecule has 0 saturated heterocycles. The van der Waals surface area contributed by atoms with E-state index in [1.165, 1.54) is 0 Å². The van der Waals surface area contributed by atoms with Gasteiger partial charge >= 0.3 is 5.97 Å². The first kappa shape index (κ1) is 24.9. The van der Waals surface area contributed by atoms with Gasteiger partial charge in [0.15, 0.2) is 17.9 Å². The number of para-hydroxylation sites is 1. The van der Waals surface area contributed by atoms with Crippen LogP contribution in [0.15, 0.2) is 71.1 Å². The maximum absolute atomic E-state index is 11.0. The smallest absolute Gasteiger partial charge is 0.341 e. The van der Waals surface area contributed by atoms with Crippen LogP contribution < -0.4 is 4.74 Å². The van der Waals surface area contributed by atoms with Crippen molar-refractivity contribution in [2.45, 2.75) is 29.4 Å². The summed E-state index contributed by atoms with van der Waals surface area (Å²) >= 11 is 3.64. The van der Waals surface area contributed by atoms with Crippen molar-refractivity contribution in [2.75, 3.05) is 6.61 Å². The number of aromatic hydroxyl groups is 2. The molecule has 4 aromatic rings. The number of thioether (sulfide) groups is 2. The van der Waals surface area contributed by atoms with Gasteiger partial charge in [-0.05, 0) is 54.8 Å². The fourth-order valence-corrected chi connectivity index (χ4v) is 6.17. The third-order valence-electron chi connectivity index (χ3n) is 5.45. The summed E-state index contributed by atoms with van der Waals surface area (Å²) in [5.41, 5.74) is 3.89. The first-order valence-corrected chi connectivity index (χ1v) is 13.1. The van der Waals surface area contributed by atoms with E-state index in [-0.39, 0.29) is 16.1 Å². The average Bonchev–Trinajstić information content (AvgIpc) is 3.16. The standard InChI is InChI=1S/C27H26O6S2/c1-17-23(22-3-2-4-24(27(22)33-17)32-14-25(30)31)13-26(34-15-18-5-9-20(28)10-6-18)35-16-19-7-11-21(29)12-8-19/h2-12,26,28-29H,13-16H2,1H3,(H,30,31). The van der Waals surface area contributed by atoms with Gasteiger partial charge in [0.2, 0.25) is 0 Å². The second kappa shape index (κ2) is 11.5. The minimum absolute atomic E-state index is 0.195. The number of hydrogen-bond donors (Lipinski definition) is 3. The lowest BCUT2D eigenvalue weighted by Gasteiger charge is -2.17. The molecule has 0 aliphatic carbocycles. The lowest BCUT2D eigenvalue weighted by molar-refractivity contribution is -0.139. The van der Waals surface area contributed by atoms with Gasteiger partial charge in [0.05, 0.1) is 4.58 Å². The lowest BCUT2D eigenvalue weighted by atomic mass is 10.1. The van der Waals surface area contributed by atoms with Crippen LogP contribution in [0.3, 0.4) is 0 Å². The molecule has 0 fully saturated rings. The molecule has 6 nitrogen and oxygen atoms in total. The number of rotatable bonds is 11. The number of benzene rings is 3. The van der Waals surface area contributed by atoms with Crippen molar-refractivity contribution in [3.63, 3.8) is 0 Å². The van der Waals surface area contributed by atoms with Crippen LogP contribution in [0.5, 0.6) is 17.2 Å². The quantitative estimate of drug-likeness (QED) is 0.201. The van der Waals surface area contributed by atoms with Crippen molar-refractivity contribution in [3.05, 3.63) is 89.2 Å². The molecule has 1 heterocycles. The Hall–Kier alpha value is -3.23. The van der Waals surface area contributed by atoms with Gasteiger partial charge in [0.25, 0.3) is 0 Å². The summed E-state index contributed by atoms with van der Waals surface area (Å²) in [7, 11) is 0. The zero-order chi connectivity index (χ0) is 24.8. The molecule has 0 saturated carbocycles. The molecule has 0 aliphatic rings. The van der Waals surface area contributed by atoms with Crippen LogP contribution in [0.25, 0.3) is 11.0 Å². The zero-order valence-electron chi connectivity index (χ0n) is 19.1. The fraction of sp³-hybridized carbons (Fsp3) is 0.222. The monoisotopic (exact) mass is 510 g/mol. The van der Waals surface area contributed by atoms with Crippen LogP contribution in [-0.4, -0.2) is 32.5 Å². The number of hydrogen-bond acceptors (Lipinski definition) is 7. The largest absolute Gasteiger partial charge is 0.508 e. The average molecular weight is 511 g/mol. The Balaban J connectivity index is 1.55. The van der Waals surface area contributed by atoms with Crippen LogP contribution in [0.4, 0.5) is 0 Å². The highest BCUT2D eigenvalue weighted by molar-refractivity contribution is 8.16. The highest BCUT2D eigenvalue weighted by Gasteiger charge is 2.20. The van der Waals surface area contributed by atoms with Crippen molar-refractivity contribution < 1.29 is 29.3 Å². The van der Waals surface area contributed by atoms with Crippen LogP contribution in [0.1, 0.15) is 22.5 Å². The van der Waals surface area contributed by atoms with Gasteiger partial charge in [-0.2, -0.15) is 0 Å². The Morgan fingerprint density at radius 2 is 1.49 bits per heavy atom. The van der Waals surface area contributed by atoms with Gasteiger partial charge in [-0.15, -0.1) is 23.5 Å². The van der Waals surface area contributed by atoms with Crippen molar-refractivity contribution in [1.82, 2.24) is 0 Å². The van der Waals surface area contributed by atoms with Crippen molar-refractivity contribution in [2.24, 2.45) is 0 Å². The SMILES string of the molecule is Cc1oc2c(OCC(=O)O)cccc2c1CC(SCc1ccc(O)cc1)SCc1ccc(O)cc1. The van der Waals surface area contributed by atoms with Gasteiger partial charge < -0.3 is 24.5 Å². The second-order valence-electron chi connectivity index (χ2n) is 8.04. The van der Waals surface area contributed by atoms with E-state index in [0.29, 0.717) is 11.3 Å². The third kappa shape index (κ3) is 6.68. The van der Waals surface area contributed by atoms with Gasteiger partial charge in [-0.25, -0.2) is 4.79 Å². The summed E-state index contributed by atoms with van der Waals surface area (Å²) in [5, 5.41) is 29.0. The van der Waals surface area contributed by atoms with E-state index in [9.17, 15) is 15.0 Å². The fourth-order valence-electron chi connectivity index (χ4n) is 3.67. The van der Waals surface area contributed by atoms with Gasteiger partial charge in [0, 0.05) is 22.5 Å². The Bertz CT molecular complexity index is 1230. The van der Waals surface area contributed by atoms with Crippen molar-refractivity contribution in [1.29, 1.82) is 0 Å². The molecule has 3 aromatic carbocycles. The molecular formula is C27H26O6S2. The molecule has 0 aliphatic heterocycles. The minimum atomic E-state index is -1.04. The van der Waals surface area contributed by atoms with Gasteiger partial charge in [-0.1, -0.05) is 36.4 Å². The Kier molecular flexibility index (Phi) is 8.15. The number of carbonyl (C=O) groups is 1. The number of fused-ring (bicyclic) bond motifs is 1. The summed E-state index contributed by atoms with van der Waals surface area (Å²) in [5.74, 6) is 2.24. The number of phenols is 2. The molecule has 0 radical (unpaired) electrons. The predicted molar refractivity (Wildman–Crippen MR) is 140 cm³/mol. The maximum atomic E-state index is 11.0. The molecule has 0 amide bonds. The maximum Gasteiger partial charge on any atom is 0.341 e. The van der Waals surface area contributed by atoms with Crippen molar-refractivity contribution >= 4 is 40.5 Å². The van der Waals surface area contributed by atoms with E-state index in [1.54, 1.807) is 30.3 Å². The van der Waals surface area contributed by atoms with Crippen LogP contribution in [-0.2, 0) is 22.7 Å². The zero-order valence-corrected chi connectivity index (χ0v) is 20.8. The molecule has 182 valence electrons. The molecule has 8 heteroatoms. The third-order valence-corrected chi connectivity index (χ3v) is 8.34. The van der Waals surface area contributed by atoms with Gasteiger partial charge in [0.1, 0.15) is 17.3 Å². The van der Waals surface area contributed by atoms with E-state index >= 15 is 0 Å². The molecule has 0 unspecified atom stereocenters. The first-order chi connectivity index (χ1) is 16.9. The van der Waals surface area contributed by atoms with Crippen LogP contribution in [0.2, 0.25) is 0 Å². The number of furan rings is 1. The molecule has 1 aromatic heterocycles. The normalized spacial score (nSPS) is 11.3. The summed E-state index contributed by atoms with van der Waals surface area (Å²) in [6.07, 6.45) is 0.743. The highest BCUT2D eigenvalue weighted by Crippen LogP contribution is 2.38. The van der Waals surface area contributed by atoms with E-state index in [4.69, 9.17) is 14.3 Å². The van der Waals surface area contributed by atoms with E-state index < -0.39 is 12.6 Å². The molecule has 35 heavy (non-hydrogen) atoms. The number of aliphatic carboxylic acids is 1. The highest BCUT2D eigenvalue weighted by atomic mass is 32.2. The summed E-state index contributed by atoms with van der Waals surface area (Å²) in [6.45, 7) is 1.49. The topological polar surface area (TPSA) is 100 Å². The number of aryl methyl sites for hydroxylation is 1.